The Balaban J connectivity index is 2.00. The highest BCUT2D eigenvalue weighted by atomic mass is 16.2. The first kappa shape index (κ1) is 12.1. The molecule has 17 heavy (non-hydrogen) atoms. The van der Waals surface area contributed by atoms with E-state index in [1.807, 2.05) is 35.2 Å². The third-order valence-electron chi connectivity index (χ3n) is 3.69. The maximum Gasteiger partial charge on any atom is 0.415 e. The Morgan fingerprint density at radius 1 is 1.41 bits per heavy atom. The Bertz CT molecular complexity index is 386. The van der Waals surface area contributed by atoms with Crippen LogP contribution in [0.15, 0.2) is 18.7 Å². The molecule has 2 rings (SSSR count). The number of amides is 1. The maximum atomic E-state index is 12.2. The number of likely N-dealkylation sites (tertiary alicyclic amines) is 1. The van der Waals surface area contributed by atoms with Gasteiger partial charge in [-0.2, -0.15) is 4.57 Å². The minimum Gasteiger partial charge on any atom is -0.304 e. The lowest BCUT2D eigenvalue weighted by Crippen LogP contribution is -2.36. The van der Waals surface area contributed by atoms with Crippen LogP contribution in [0.4, 0.5) is 4.79 Å². The first-order chi connectivity index (χ1) is 8.20. The van der Waals surface area contributed by atoms with E-state index in [0.717, 1.165) is 31.8 Å². The van der Waals surface area contributed by atoms with Gasteiger partial charge in [0, 0.05) is 13.1 Å². The first-order valence-corrected chi connectivity index (χ1v) is 6.53. The second-order valence-electron chi connectivity index (χ2n) is 4.96. The lowest BCUT2D eigenvalue weighted by atomic mass is 9.98. The summed E-state index contributed by atoms with van der Waals surface area (Å²) in [4.78, 5) is 14.2. The third kappa shape index (κ3) is 2.87. The van der Waals surface area contributed by atoms with E-state index >= 15 is 0 Å². The second-order valence-corrected chi connectivity index (χ2v) is 4.96. The van der Waals surface area contributed by atoms with E-state index in [1.165, 1.54) is 12.8 Å². The number of aromatic nitrogens is 2. The Hall–Kier alpha value is -1.32. The average Bonchev–Trinajstić information content (AvgIpc) is 2.64. The van der Waals surface area contributed by atoms with E-state index < -0.39 is 0 Å². The Morgan fingerprint density at radius 2 is 2.24 bits per heavy atom. The van der Waals surface area contributed by atoms with Gasteiger partial charge in [-0.1, -0.05) is 13.3 Å². The topological polar surface area (TPSA) is 29.1 Å². The minimum absolute atomic E-state index is 0.113. The lowest BCUT2D eigenvalue weighted by molar-refractivity contribution is -0.670. The molecule has 1 amide bonds. The average molecular weight is 236 g/mol. The SMILES string of the molecule is CCC1CCCN(C(=O)n2cc[n+](C)c2)CC1. The summed E-state index contributed by atoms with van der Waals surface area (Å²) in [6, 6.07) is 0.113. The molecule has 1 aromatic heterocycles. The summed E-state index contributed by atoms with van der Waals surface area (Å²) < 4.78 is 3.57. The van der Waals surface area contributed by atoms with Crippen LogP contribution in [0.3, 0.4) is 0 Å². The number of carbonyl (C=O) groups excluding carboxylic acids is 1. The minimum atomic E-state index is 0.113. The Morgan fingerprint density at radius 3 is 2.88 bits per heavy atom. The normalized spacial score (nSPS) is 21.3. The van der Waals surface area contributed by atoms with E-state index in [4.69, 9.17) is 0 Å². The molecule has 1 saturated heterocycles. The van der Waals surface area contributed by atoms with Gasteiger partial charge in [-0.25, -0.2) is 9.36 Å². The molecule has 0 N–H and O–H groups in total. The van der Waals surface area contributed by atoms with E-state index in [2.05, 4.69) is 6.92 Å². The molecule has 1 aromatic rings. The van der Waals surface area contributed by atoms with E-state index in [-0.39, 0.29) is 6.03 Å². The van der Waals surface area contributed by atoms with Gasteiger partial charge in [-0.15, -0.1) is 0 Å². The largest absolute Gasteiger partial charge is 0.415 e. The standard InChI is InChI=1S/C13H22N3O/c1-3-12-5-4-7-15(8-6-12)13(17)16-10-9-14(2)11-16/h9-12H,3-8H2,1-2H3/q+1. The van der Waals surface area contributed by atoms with Crippen LogP contribution in [-0.2, 0) is 7.05 Å². The molecule has 0 spiro atoms. The number of rotatable bonds is 1. The zero-order valence-electron chi connectivity index (χ0n) is 10.8. The van der Waals surface area contributed by atoms with Crippen molar-refractivity contribution in [2.45, 2.75) is 32.6 Å². The summed E-state index contributed by atoms with van der Waals surface area (Å²) in [5, 5.41) is 0. The number of hydrogen-bond donors (Lipinski definition) is 0. The molecule has 0 bridgehead atoms. The molecular weight excluding hydrogens is 214 g/mol. The van der Waals surface area contributed by atoms with Gasteiger partial charge < -0.3 is 4.90 Å². The van der Waals surface area contributed by atoms with Crippen molar-refractivity contribution >= 4 is 6.03 Å². The fourth-order valence-electron chi connectivity index (χ4n) is 2.49. The highest BCUT2D eigenvalue weighted by molar-refractivity contribution is 5.76. The van der Waals surface area contributed by atoms with Crippen molar-refractivity contribution in [1.29, 1.82) is 0 Å². The highest BCUT2D eigenvalue weighted by Gasteiger charge is 2.23. The van der Waals surface area contributed by atoms with Crippen LogP contribution in [0.1, 0.15) is 32.6 Å². The quantitative estimate of drug-likeness (QED) is 0.684. The number of aryl methyl sites for hydroxylation is 1. The Kier molecular flexibility index (Phi) is 3.82. The van der Waals surface area contributed by atoms with Crippen LogP contribution >= 0.6 is 0 Å². The van der Waals surface area contributed by atoms with Crippen LogP contribution in [0.5, 0.6) is 0 Å². The van der Waals surface area contributed by atoms with Crippen LogP contribution < -0.4 is 4.57 Å². The van der Waals surface area contributed by atoms with Crippen molar-refractivity contribution in [1.82, 2.24) is 9.47 Å². The zero-order valence-corrected chi connectivity index (χ0v) is 10.8. The van der Waals surface area contributed by atoms with E-state index in [9.17, 15) is 4.79 Å². The van der Waals surface area contributed by atoms with Crippen molar-refractivity contribution in [3.63, 3.8) is 0 Å². The van der Waals surface area contributed by atoms with Crippen LogP contribution in [0.2, 0.25) is 0 Å². The summed E-state index contributed by atoms with van der Waals surface area (Å²) in [6.45, 7) is 4.05. The first-order valence-electron chi connectivity index (χ1n) is 6.53. The summed E-state index contributed by atoms with van der Waals surface area (Å²) >= 11 is 0. The van der Waals surface area contributed by atoms with Crippen LogP contribution in [0.25, 0.3) is 0 Å². The molecule has 0 saturated carbocycles. The van der Waals surface area contributed by atoms with Gasteiger partial charge in [0.1, 0.15) is 12.4 Å². The Labute approximate surface area is 103 Å². The molecule has 0 radical (unpaired) electrons. The van der Waals surface area contributed by atoms with Crippen molar-refractivity contribution in [2.24, 2.45) is 13.0 Å². The molecule has 1 aliphatic heterocycles. The molecule has 1 fully saturated rings. The molecular formula is C13H22N3O+. The maximum absolute atomic E-state index is 12.2. The summed E-state index contributed by atoms with van der Waals surface area (Å²) in [5.41, 5.74) is 0. The summed E-state index contributed by atoms with van der Waals surface area (Å²) in [7, 11) is 1.93. The van der Waals surface area contributed by atoms with Crippen molar-refractivity contribution in [3.8, 4) is 0 Å². The van der Waals surface area contributed by atoms with Crippen molar-refractivity contribution in [3.05, 3.63) is 18.7 Å². The number of hydrogen-bond acceptors (Lipinski definition) is 1. The van der Waals surface area contributed by atoms with Gasteiger partial charge in [0.05, 0.1) is 7.05 Å². The second kappa shape index (κ2) is 5.34. The van der Waals surface area contributed by atoms with Gasteiger partial charge in [-0.05, 0) is 25.2 Å². The van der Waals surface area contributed by atoms with E-state index in [1.54, 1.807) is 4.57 Å². The van der Waals surface area contributed by atoms with Gasteiger partial charge in [0.25, 0.3) is 6.33 Å². The molecule has 0 aliphatic carbocycles. The fraction of sp³-hybridized carbons (Fsp3) is 0.692. The van der Waals surface area contributed by atoms with E-state index in [0.29, 0.717) is 0 Å². The molecule has 1 aliphatic rings. The lowest BCUT2D eigenvalue weighted by Gasteiger charge is -2.17. The molecule has 4 heteroatoms. The number of imidazole rings is 1. The monoisotopic (exact) mass is 236 g/mol. The van der Waals surface area contributed by atoms with Crippen LogP contribution in [0, 0.1) is 5.92 Å². The number of nitrogens with zero attached hydrogens (tertiary/aromatic N) is 3. The van der Waals surface area contributed by atoms with Gasteiger partial charge in [0.15, 0.2) is 0 Å². The predicted octanol–water partition coefficient (Wildman–Crippen LogP) is 1.79. The van der Waals surface area contributed by atoms with Gasteiger partial charge >= 0.3 is 6.03 Å². The predicted molar refractivity (Wildman–Crippen MR) is 65.6 cm³/mol. The molecule has 0 aromatic carbocycles. The summed E-state index contributed by atoms with van der Waals surface area (Å²) in [5.74, 6) is 0.800. The van der Waals surface area contributed by atoms with Gasteiger partial charge in [-0.3, -0.25) is 0 Å². The molecule has 2 heterocycles. The van der Waals surface area contributed by atoms with Crippen molar-refractivity contribution < 1.29 is 9.36 Å². The highest BCUT2D eigenvalue weighted by Crippen LogP contribution is 2.20. The molecule has 1 unspecified atom stereocenters. The third-order valence-corrected chi connectivity index (χ3v) is 3.69. The number of carbonyl (C=O) groups is 1. The zero-order chi connectivity index (χ0) is 12.3. The van der Waals surface area contributed by atoms with Crippen LogP contribution in [-0.4, -0.2) is 28.6 Å². The molecule has 94 valence electrons. The molecule has 4 nitrogen and oxygen atoms in total. The smallest absolute Gasteiger partial charge is 0.304 e. The fourth-order valence-corrected chi connectivity index (χ4v) is 2.49. The van der Waals surface area contributed by atoms with Crippen molar-refractivity contribution in [2.75, 3.05) is 13.1 Å². The molecule has 1 atom stereocenters. The van der Waals surface area contributed by atoms with Gasteiger partial charge in [0.2, 0.25) is 0 Å². The summed E-state index contributed by atoms with van der Waals surface area (Å²) in [6.07, 6.45) is 10.3.